The summed E-state index contributed by atoms with van der Waals surface area (Å²) in [5.41, 5.74) is 6.67. The second-order valence-electron chi connectivity index (χ2n) is 5.86. The molecular weight excluding hydrogens is 304 g/mol. The van der Waals surface area contributed by atoms with Gasteiger partial charge in [0.2, 0.25) is 0 Å². The van der Waals surface area contributed by atoms with Crippen LogP contribution < -0.4 is 11.1 Å². The highest BCUT2D eigenvalue weighted by Gasteiger charge is 2.24. The number of fused-ring (bicyclic) bond motifs is 1. The van der Waals surface area contributed by atoms with Gasteiger partial charge >= 0.3 is 0 Å². The maximum atomic E-state index is 12.4. The monoisotopic (exact) mass is 322 g/mol. The molecule has 1 aliphatic rings. The van der Waals surface area contributed by atoms with Gasteiger partial charge in [-0.15, -0.1) is 11.3 Å². The van der Waals surface area contributed by atoms with Crippen LogP contribution in [-0.4, -0.2) is 12.5 Å². The van der Waals surface area contributed by atoms with E-state index in [1.54, 1.807) is 6.07 Å². The first kappa shape index (κ1) is 14.7. The SMILES string of the molecule is CC1CCCC1CNC(=O)c1sc2cc(Cl)ccc2c1N. The minimum atomic E-state index is -0.0658. The lowest BCUT2D eigenvalue weighted by Crippen LogP contribution is -2.30. The van der Waals surface area contributed by atoms with Crippen LogP contribution in [0.15, 0.2) is 18.2 Å². The normalized spacial score (nSPS) is 21.8. The number of anilines is 1. The van der Waals surface area contributed by atoms with Gasteiger partial charge < -0.3 is 11.1 Å². The van der Waals surface area contributed by atoms with E-state index < -0.39 is 0 Å². The summed E-state index contributed by atoms with van der Waals surface area (Å²) in [6.07, 6.45) is 3.74. The van der Waals surface area contributed by atoms with Gasteiger partial charge in [0.15, 0.2) is 0 Å². The third-order valence-electron chi connectivity index (χ3n) is 4.46. The average molecular weight is 323 g/mol. The summed E-state index contributed by atoms with van der Waals surface area (Å²) in [6, 6.07) is 5.53. The predicted octanol–water partition coefficient (Wildman–Crippen LogP) is 4.30. The second-order valence-corrected chi connectivity index (χ2v) is 7.35. The molecule has 2 unspecified atom stereocenters. The smallest absolute Gasteiger partial charge is 0.263 e. The Morgan fingerprint density at radius 2 is 2.29 bits per heavy atom. The molecule has 1 heterocycles. The largest absolute Gasteiger partial charge is 0.397 e. The highest BCUT2D eigenvalue weighted by Crippen LogP contribution is 2.35. The van der Waals surface area contributed by atoms with E-state index in [1.807, 2.05) is 12.1 Å². The van der Waals surface area contributed by atoms with Crippen LogP contribution in [0.2, 0.25) is 5.02 Å². The molecule has 5 heteroatoms. The summed E-state index contributed by atoms with van der Waals surface area (Å²) in [7, 11) is 0. The van der Waals surface area contributed by atoms with Crippen LogP contribution in [-0.2, 0) is 0 Å². The number of nitrogen functional groups attached to an aromatic ring is 1. The average Bonchev–Trinajstić information content (AvgIpc) is 3.00. The molecule has 3 rings (SSSR count). The van der Waals surface area contributed by atoms with Gasteiger partial charge in [-0.2, -0.15) is 0 Å². The van der Waals surface area contributed by atoms with Crippen molar-refractivity contribution in [3.8, 4) is 0 Å². The Balaban J connectivity index is 1.76. The number of carbonyl (C=O) groups excluding carboxylic acids is 1. The molecule has 0 bridgehead atoms. The van der Waals surface area contributed by atoms with Gasteiger partial charge in [0.1, 0.15) is 4.88 Å². The number of amides is 1. The first-order chi connectivity index (χ1) is 10.1. The van der Waals surface area contributed by atoms with Crippen molar-refractivity contribution >= 4 is 44.6 Å². The van der Waals surface area contributed by atoms with Crippen molar-refractivity contribution in [1.82, 2.24) is 5.32 Å². The predicted molar refractivity (Wildman–Crippen MR) is 90.1 cm³/mol. The Bertz CT molecular complexity index is 682. The molecule has 0 saturated heterocycles. The van der Waals surface area contributed by atoms with Crippen LogP contribution in [0, 0.1) is 11.8 Å². The molecule has 1 fully saturated rings. The Hall–Kier alpha value is -1.26. The van der Waals surface area contributed by atoms with Crippen LogP contribution >= 0.6 is 22.9 Å². The van der Waals surface area contributed by atoms with Crippen molar-refractivity contribution in [2.45, 2.75) is 26.2 Å². The summed E-state index contributed by atoms with van der Waals surface area (Å²) in [5.74, 6) is 1.23. The van der Waals surface area contributed by atoms with E-state index in [-0.39, 0.29) is 5.91 Å². The fraction of sp³-hybridized carbons (Fsp3) is 0.438. The third-order valence-corrected chi connectivity index (χ3v) is 5.86. The quantitative estimate of drug-likeness (QED) is 0.885. The number of rotatable bonds is 3. The summed E-state index contributed by atoms with van der Waals surface area (Å²) in [4.78, 5) is 13.0. The lowest BCUT2D eigenvalue weighted by molar-refractivity contribution is 0.0949. The molecule has 1 aliphatic carbocycles. The van der Waals surface area contributed by atoms with E-state index in [4.69, 9.17) is 17.3 Å². The Kier molecular flexibility index (Phi) is 4.09. The number of hydrogen-bond donors (Lipinski definition) is 2. The van der Waals surface area contributed by atoms with Crippen LogP contribution in [0.1, 0.15) is 35.9 Å². The molecule has 1 amide bonds. The molecule has 112 valence electrons. The minimum Gasteiger partial charge on any atom is -0.397 e. The van der Waals surface area contributed by atoms with Crippen molar-refractivity contribution in [2.75, 3.05) is 12.3 Å². The molecule has 1 saturated carbocycles. The highest BCUT2D eigenvalue weighted by molar-refractivity contribution is 7.21. The van der Waals surface area contributed by atoms with Crippen LogP contribution in [0.5, 0.6) is 0 Å². The summed E-state index contributed by atoms with van der Waals surface area (Å²) in [6.45, 7) is 3.01. The summed E-state index contributed by atoms with van der Waals surface area (Å²) < 4.78 is 0.958. The molecular formula is C16H19ClN2OS. The molecule has 0 radical (unpaired) electrons. The number of carbonyl (C=O) groups is 1. The number of hydrogen-bond acceptors (Lipinski definition) is 3. The number of halogens is 1. The van der Waals surface area contributed by atoms with Crippen molar-refractivity contribution in [2.24, 2.45) is 11.8 Å². The standard InChI is InChI=1S/C16H19ClN2OS/c1-9-3-2-4-10(9)8-19-16(20)15-14(18)12-6-5-11(17)7-13(12)21-15/h5-7,9-10H,2-4,8,18H2,1H3,(H,19,20). The zero-order chi connectivity index (χ0) is 15.0. The van der Waals surface area contributed by atoms with Gasteiger partial charge in [-0.3, -0.25) is 4.79 Å². The first-order valence-corrected chi connectivity index (χ1v) is 8.51. The van der Waals surface area contributed by atoms with Crippen LogP contribution in [0.3, 0.4) is 0 Å². The van der Waals surface area contributed by atoms with Crippen molar-refractivity contribution < 1.29 is 4.79 Å². The summed E-state index contributed by atoms with van der Waals surface area (Å²) in [5, 5.41) is 4.61. The molecule has 21 heavy (non-hydrogen) atoms. The molecule has 3 N–H and O–H groups in total. The van der Waals surface area contributed by atoms with E-state index in [0.717, 1.165) is 16.6 Å². The third kappa shape index (κ3) is 2.87. The lowest BCUT2D eigenvalue weighted by atomic mass is 9.98. The van der Waals surface area contributed by atoms with Gasteiger partial charge in [0.25, 0.3) is 5.91 Å². The number of thiophene rings is 1. The van der Waals surface area contributed by atoms with E-state index in [0.29, 0.717) is 27.4 Å². The van der Waals surface area contributed by atoms with Crippen molar-refractivity contribution in [3.05, 3.63) is 28.1 Å². The fourth-order valence-electron chi connectivity index (χ4n) is 3.09. The molecule has 0 aliphatic heterocycles. The van der Waals surface area contributed by atoms with E-state index >= 15 is 0 Å². The molecule has 0 spiro atoms. The maximum absolute atomic E-state index is 12.4. The van der Waals surface area contributed by atoms with Gasteiger partial charge in [0.05, 0.1) is 5.69 Å². The van der Waals surface area contributed by atoms with E-state index in [9.17, 15) is 4.79 Å². The number of nitrogens with one attached hydrogen (secondary N) is 1. The topological polar surface area (TPSA) is 55.1 Å². The first-order valence-electron chi connectivity index (χ1n) is 7.32. The fourth-order valence-corrected chi connectivity index (χ4v) is 4.40. The summed E-state index contributed by atoms with van der Waals surface area (Å²) >= 11 is 7.40. The van der Waals surface area contributed by atoms with Gasteiger partial charge in [0, 0.05) is 21.7 Å². The van der Waals surface area contributed by atoms with Crippen molar-refractivity contribution in [3.63, 3.8) is 0 Å². The maximum Gasteiger partial charge on any atom is 0.263 e. The Morgan fingerprint density at radius 3 is 3.00 bits per heavy atom. The lowest BCUT2D eigenvalue weighted by Gasteiger charge is -2.15. The van der Waals surface area contributed by atoms with Crippen LogP contribution in [0.25, 0.3) is 10.1 Å². The zero-order valence-electron chi connectivity index (χ0n) is 12.0. The molecule has 2 aromatic rings. The van der Waals surface area contributed by atoms with E-state index in [1.165, 1.54) is 30.6 Å². The second kappa shape index (κ2) is 5.85. The van der Waals surface area contributed by atoms with Gasteiger partial charge in [-0.1, -0.05) is 31.4 Å². The zero-order valence-corrected chi connectivity index (χ0v) is 13.6. The molecule has 3 nitrogen and oxygen atoms in total. The Morgan fingerprint density at radius 1 is 1.48 bits per heavy atom. The molecule has 1 aromatic carbocycles. The molecule has 1 aromatic heterocycles. The number of benzene rings is 1. The number of nitrogens with two attached hydrogens (primary N) is 1. The minimum absolute atomic E-state index is 0.0658. The molecule has 2 atom stereocenters. The van der Waals surface area contributed by atoms with Crippen molar-refractivity contribution in [1.29, 1.82) is 0 Å². The van der Waals surface area contributed by atoms with Gasteiger partial charge in [-0.05, 0) is 36.5 Å². The van der Waals surface area contributed by atoms with Crippen LogP contribution in [0.4, 0.5) is 5.69 Å². The Labute approximate surface area is 133 Å². The highest BCUT2D eigenvalue weighted by atomic mass is 35.5. The van der Waals surface area contributed by atoms with E-state index in [2.05, 4.69) is 12.2 Å². The van der Waals surface area contributed by atoms with Gasteiger partial charge in [-0.25, -0.2) is 0 Å².